The fourth-order valence-electron chi connectivity index (χ4n) is 4.80. The molecule has 2 aromatic carbocycles. The van der Waals surface area contributed by atoms with E-state index < -0.39 is 5.91 Å². The Balaban J connectivity index is 1.45. The van der Waals surface area contributed by atoms with E-state index in [1.165, 1.54) is 23.2 Å². The van der Waals surface area contributed by atoms with Crippen LogP contribution in [0, 0.1) is 5.92 Å². The molecular weight excluding hydrogens is 468 g/mol. The number of fused-ring (bicyclic) bond motifs is 1. The number of rotatable bonds is 12. The van der Waals surface area contributed by atoms with Crippen LogP contribution in [-0.2, 0) is 11.3 Å². The van der Waals surface area contributed by atoms with Gasteiger partial charge in [0, 0.05) is 51.5 Å². The van der Waals surface area contributed by atoms with Crippen LogP contribution in [-0.4, -0.2) is 76.1 Å². The standard InChI is InChI=1S/C28H36N6O3/c1-4-33(5-2)13-12-26(35)34(18-20-10-11-21-8-6-7-9-22(21)14-20)25-15-23(25)19-32(3)28-29-16-24(17-30-28)27(36)31-37/h6-11,14,16-17,23,25,37H,4-5,12-13,15,18-19H2,1-3H3,(H,31,36). The third-order valence-electron chi connectivity index (χ3n) is 7.16. The minimum absolute atomic E-state index is 0.164. The lowest BCUT2D eigenvalue weighted by Gasteiger charge is -2.26. The van der Waals surface area contributed by atoms with Gasteiger partial charge in [0.15, 0.2) is 0 Å². The molecule has 1 saturated carbocycles. The number of anilines is 1. The lowest BCUT2D eigenvalue weighted by Crippen LogP contribution is -2.37. The fraction of sp³-hybridized carbons (Fsp3) is 0.429. The molecule has 1 aliphatic rings. The highest BCUT2D eigenvalue weighted by Gasteiger charge is 2.44. The molecule has 1 fully saturated rings. The molecule has 0 spiro atoms. The highest BCUT2D eigenvalue weighted by Crippen LogP contribution is 2.38. The zero-order chi connectivity index (χ0) is 26.4. The molecule has 196 valence electrons. The van der Waals surface area contributed by atoms with E-state index in [0.29, 0.717) is 31.4 Å². The van der Waals surface area contributed by atoms with E-state index >= 15 is 0 Å². The smallest absolute Gasteiger partial charge is 0.277 e. The molecule has 2 unspecified atom stereocenters. The average molecular weight is 505 g/mol. The normalized spacial score (nSPS) is 16.6. The van der Waals surface area contributed by atoms with Crippen LogP contribution in [0.1, 0.15) is 42.6 Å². The van der Waals surface area contributed by atoms with Gasteiger partial charge in [0.05, 0.1) is 5.56 Å². The van der Waals surface area contributed by atoms with Crippen molar-refractivity contribution in [2.24, 2.45) is 5.92 Å². The summed E-state index contributed by atoms with van der Waals surface area (Å²) in [4.78, 5) is 39.8. The number of aromatic nitrogens is 2. The van der Waals surface area contributed by atoms with Gasteiger partial charge in [-0.05, 0) is 47.8 Å². The van der Waals surface area contributed by atoms with Crippen LogP contribution < -0.4 is 10.4 Å². The number of nitrogens with zero attached hydrogens (tertiary/aromatic N) is 5. The van der Waals surface area contributed by atoms with E-state index in [2.05, 4.69) is 63.9 Å². The quantitative estimate of drug-likeness (QED) is 0.288. The van der Waals surface area contributed by atoms with Gasteiger partial charge in [0.2, 0.25) is 11.9 Å². The van der Waals surface area contributed by atoms with E-state index in [-0.39, 0.29) is 17.5 Å². The Hall–Kier alpha value is -3.56. The molecule has 2 amide bonds. The predicted molar refractivity (Wildman–Crippen MR) is 143 cm³/mol. The zero-order valence-electron chi connectivity index (χ0n) is 21.8. The first kappa shape index (κ1) is 26.5. The predicted octanol–water partition coefficient (Wildman–Crippen LogP) is 3.33. The molecule has 1 aliphatic carbocycles. The molecular formula is C28H36N6O3. The Bertz CT molecular complexity index is 1210. The SMILES string of the molecule is CCN(CC)CCC(=O)N(Cc1ccc2ccccc2c1)C1CC1CN(C)c1ncc(C(=O)NO)cn1. The monoisotopic (exact) mass is 504 g/mol. The van der Waals surface area contributed by atoms with Gasteiger partial charge in [-0.1, -0.05) is 50.2 Å². The number of hydroxylamine groups is 1. The molecule has 1 heterocycles. The molecule has 4 rings (SSSR count). The van der Waals surface area contributed by atoms with Crippen molar-refractivity contribution in [3.05, 3.63) is 66.0 Å². The minimum atomic E-state index is -0.649. The molecule has 0 bridgehead atoms. The van der Waals surface area contributed by atoms with Gasteiger partial charge in [-0.25, -0.2) is 15.4 Å². The second-order valence-corrected chi connectivity index (χ2v) is 9.64. The summed E-state index contributed by atoms with van der Waals surface area (Å²) in [6.45, 7) is 8.17. The largest absolute Gasteiger partial charge is 0.344 e. The second-order valence-electron chi connectivity index (χ2n) is 9.64. The lowest BCUT2D eigenvalue weighted by atomic mass is 10.1. The molecule has 0 aliphatic heterocycles. The number of hydrogen-bond donors (Lipinski definition) is 2. The van der Waals surface area contributed by atoms with Gasteiger partial charge in [-0.3, -0.25) is 14.8 Å². The average Bonchev–Trinajstić information content (AvgIpc) is 3.70. The van der Waals surface area contributed by atoms with Crippen molar-refractivity contribution < 1.29 is 14.8 Å². The minimum Gasteiger partial charge on any atom is -0.344 e. The molecule has 2 atom stereocenters. The van der Waals surface area contributed by atoms with Crippen LogP contribution in [0.2, 0.25) is 0 Å². The number of carbonyl (C=O) groups excluding carboxylic acids is 2. The first-order valence-electron chi connectivity index (χ1n) is 12.9. The molecule has 0 saturated heterocycles. The fourth-order valence-corrected chi connectivity index (χ4v) is 4.80. The highest BCUT2D eigenvalue weighted by molar-refractivity contribution is 5.92. The molecule has 3 aromatic rings. The van der Waals surface area contributed by atoms with Gasteiger partial charge >= 0.3 is 0 Å². The summed E-state index contributed by atoms with van der Waals surface area (Å²) in [7, 11) is 1.91. The summed E-state index contributed by atoms with van der Waals surface area (Å²) in [5, 5.41) is 11.1. The summed E-state index contributed by atoms with van der Waals surface area (Å²) in [6, 6.07) is 14.9. The van der Waals surface area contributed by atoms with E-state index in [9.17, 15) is 9.59 Å². The van der Waals surface area contributed by atoms with Gasteiger partial charge in [0.25, 0.3) is 5.91 Å². The van der Waals surface area contributed by atoms with Crippen LogP contribution in [0.5, 0.6) is 0 Å². The Morgan fingerprint density at radius 2 is 1.76 bits per heavy atom. The van der Waals surface area contributed by atoms with Crippen molar-refractivity contribution in [2.45, 2.75) is 39.3 Å². The van der Waals surface area contributed by atoms with Crippen molar-refractivity contribution in [1.82, 2.24) is 25.2 Å². The first-order valence-corrected chi connectivity index (χ1v) is 12.9. The van der Waals surface area contributed by atoms with E-state index in [1.807, 2.05) is 24.1 Å². The van der Waals surface area contributed by atoms with Crippen LogP contribution in [0.3, 0.4) is 0 Å². The number of amides is 2. The van der Waals surface area contributed by atoms with E-state index in [4.69, 9.17) is 5.21 Å². The van der Waals surface area contributed by atoms with E-state index in [1.54, 1.807) is 5.48 Å². The van der Waals surface area contributed by atoms with Crippen molar-refractivity contribution >= 4 is 28.5 Å². The van der Waals surface area contributed by atoms with E-state index in [0.717, 1.165) is 31.6 Å². The van der Waals surface area contributed by atoms with Crippen molar-refractivity contribution in [1.29, 1.82) is 0 Å². The number of nitrogens with one attached hydrogen (secondary N) is 1. The Morgan fingerprint density at radius 3 is 2.43 bits per heavy atom. The molecule has 2 N–H and O–H groups in total. The van der Waals surface area contributed by atoms with Crippen LogP contribution in [0.25, 0.3) is 10.8 Å². The Morgan fingerprint density at radius 1 is 1.05 bits per heavy atom. The third kappa shape index (κ3) is 6.61. The maximum absolute atomic E-state index is 13.5. The first-order chi connectivity index (χ1) is 17.9. The van der Waals surface area contributed by atoms with Crippen molar-refractivity contribution in [3.8, 4) is 0 Å². The summed E-state index contributed by atoms with van der Waals surface area (Å²) in [5.41, 5.74) is 2.90. The van der Waals surface area contributed by atoms with Gasteiger partial charge in [-0.2, -0.15) is 0 Å². The highest BCUT2D eigenvalue weighted by atomic mass is 16.5. The van der Waals surface area contributed by atoms with Crippen molar-refractivity contribution in [3.63, 3.8) is 0 Å². The molecule has 9 heteroatoms. The van der Waals surface area contributed by atoms with Crippen LogP contribution >= 0.6 is 0 Å². The Kier molecular flexibility index (Phi) is 8.68. The van der Waals surface area contributed by atoms with Gasteiger partial charge in [0.1, 0.15) is 0 Å². The maximum atomic E-state index is 13.5. The van der Waals surface area contributed by atoms with Crippen molar-refractivity contribution in [2.75, 3.05) is 38.1 Å². The molecule has 0 radical (unpaired) electrons. The van der Waals surface area contributed by atoms with Crippen LogP contribution in [0.15, 0.2) is 54.9 Å². The second kappa shape index (κ2) is 12.1. The molecule has 9 nitrogen and oxygen atoms in total. The van der Waals surface area contributed by atoms with Gasteiger partial charge in [-0.15, -0.1) is 0 Å². The topological polar surface area (TPSA) is 102 Å². The van der Waals surface area contributed by atoms with Gasteiger partial charge < -0.3 is 14.7 Å². The maximum Gasteiger partial charge on any atom is 0.277 e. The third-order valence-corrected chi connectivity index (χ3v) is 7.16. The van der Waals surface area contributed by atoms with Crippen LogP contribution in [0.4, 0.5) is 5.95 Å². The summed E-state index contributed by atoms with van der Waals surface area (Å²) < 4.78 is 0. The summed E-state index contributed by atoms with van der Waals surface area (Å²) in [5.74, 6) is 0.343. The zero-order valence-corrected chi connectivity index (χ0v) is 21.8. The Labute approximate surface area is 218 Å². The molecule has 1 aromatic heterocycles. The summed E-state index contributed by atoms with van der Waals surface area (Å²) in [6.07, 6.45) is 4.21. The summed E-state index contributed by atoms with van der Waals surface area (Å²) >= 11 is 0. The number of carbonyl (C=O) groups is 2. The number of benzene rings is 2. The number of hydrogen-bond acceptors (Lipinski definition) is 7. The molecule has 37 heavy (non-hydrogen) atoms. The lowest BCUT2D eigenvalue weighted by molar-refractivity contribution is -0.133.